The topological polar surface area (TPSA) is 82.9 Å². The quantitative estimate of drug-likeness (QED) is 0.739. The molecule has 2 aromatic heterocycles. The van der Waals surface area contributed by atoms with Gasteiger partial charge in [-0.05, 0) is 43.4 Å². The Balaban J connectivity index is 1.80. The van der Waals surface area contributed by atoms with E-state index < -0.39 is 12.1 Å². The lowest BCUT2D eigenvalue weighted by Gasteiger charge is -2.29. The number of aliphatic hydroxyl groups is 1. The Morgan fingerprint density at radius 2 is 2.35 bits per heavy atom. The number of carbonyl (C=O) groups is 1. The Hall–Kier alpha value is -1.51. The van der Waals surface area contributed by atoms with Gasteiger partial charge in [0.25, 0.3) is 0 Å². The van der Waals surface area contributed by atoms with Gasteiger partial charge in [0, 0.05) is 0 Å². The van der Waals surface area contributed by atoms with E-state index in [-0.39, 0.29) is 11.9 Å². The van der Waals surface area contributed by atoms with Crippen LogP contribution in [-0.2, 0) is 4.79 Å². The maximum absolute atomic E-state index is 12.6. The SMILES string of the molecule is C[C@H](C(=O)N[C@@H]1CCCC[C@@H]1O)n1c(-c2cccs2)n[nH]c1=S. The highest BCUT2D eigenvalue weighted by atomic mass is 32.1. The number of rotatable bonds is 4. The van der Waals surface area contributed by atoms with Gasteiger partial charge >= 0.3 is 0 Å². The summed E-state index contributed by atoms with van der Waals surface area (Å²) in [7, 11) is 0. The zero-order chi connectivity index (χ0) is 16.4. The van der Waals surface area contributed by atoms with Crippen molar-refractivity contribution in [2.24, 2.45) is 0 Å². The molecule has 23 heavy (non-hydrogen) atoms. The van der Waals surface area contributed by atoms with Crippen LogP contribution in [0.1, 0.15) is 38.6 Å². The Morgan fingerprint density at radius 1 is 1.57 bits per heavy atom. The van der Waals surface area contributed by atoms with Crippen LogP contribution in [0.3, 0.4) is 0 Å². The molecule has 1 saturated carbocycles. The fraction of sp³-hybridized carbons (Fsp3) is 0.533. The molecule has 0 saturated heterocycles. The number of H-pyrrole nitrogens is 1. The Bertz CT molecular complexity index is 722. The van der Waals surface area contributed by atoms with E-state index in [1.165, 1.54) is 0 Å². The van der Waals surface area contributed by atoms with Gasteiger partial charge in [-0.25, -0.2) is 0 Å². The molecule has 0 radical (unpaired) electrons. The Morgan fingerprint density at radius 3 is 3.04 bits per heavy atom. The van der Waals surface area contributed by atoms with Gasteiger partial charge in [0.05, 0.1) is 17.0 Å². The molecule has 1 aliphatic rings. The van der Waals surface area contributed by atoms with Crippen LogP contribution < -0.4 is 5.32 Å². The van der Waals surface area contributed by atoms with E-state index >= 15 is 0 Å². The first kappa shape index (κ1) is 16.4. The number of aromatic amines is 1. The first-order valence-corrected chi connectivity index (χ1v) is 9.06. The smallest absolute Gasteiger partial charge is 0.243 e. The summed E-state index contributed by atoms with van der Waals surface area (Å²) in [5, 5.41) is 22.0. The average molecular weight is 352 g/mol. The Labute approximate surface area is 143 Å². The summed E-state index contributed by atoms with van der Waals surface area (Å²) in [4.78, 5) is 13.6. The van der Waals surface area contributed by atoms with Crippen molar-refractivity contribution in [1.82, 2.24) is 20.1 Å². The maximum atomic E-state index is 12.6. The van der Waals surface area contributed by atoms with Crippen molar-refractivity contribution >= 4 is 29.5 Å². The summed E-state index contributed by atoms with van der Waals surface area (Å²) < 4.78 is 2.14. The van der Waals surface area contributed by atoms with Gasteiger partial charge in [-0.1, -0.05) is 18.9 Å². The summed E-state index contributed by atoms with van der Waals surface area (Å²) in [6.45, 7) is 1.80. The molecular formula is C15H20N4O2S2. The predicted octanol–water partition coefficient (Wildman–Crippen LogP) is 2.65. The average Bonchev–Trinajstić information content (AvgIpc) is 3.18. The lowest BCUT2D eigenvalue weighted by Crippen LogP contribution is -2.47. The molecule has 1 aliphatic carbocycles. The van der Waals surface area contributed by atoms with Gasteiger partial charge in [-0.3, -0.25) is 14.5 Å². The number of aliphatic hydroxyl groups excluding tert-OH is 1. The van der Waals surface area contributed by atoms with Crippen molar-refractivity contribution in [3.05, 3.63) is 22.3 Å². The molecule has 124 valence electrons. The van der Waals surface area contributed by atoms with Crippen molar-refractivity contribution < 1.29 is 9.90 Å². The normalized spacial score (nSPS) is 22.7. The minimum Gasteiger partial charge on any atom is -0.391 e. The summed E-state index contributed by atoms with van der Waals surface area (Å²) in [5.74, 6) is 0.517. The van der Waals surface area contributed by atoms with Gasteiger partial charge in [-0.15, -0.1) is 11.3 Å². The van der Waals surface area contributed by atoms with Gasteiger partial charge in [0.1, 0.15) is 6.04 Å². The van der Waals surface area contributed by atoms with Crippen LogP contribution in [-0.4, -0.2) is 37.9 Å². The van der Waals surface area contributed by atoms with Gasteiger partial charge < -0.3 is 10.4 Å². The molecule has 0 unspecified atom stereocenters. The van der Waals surface area contributed by atoms with E-state index in [1.54, 1.807) is 22.8 Å². The lowest BCUT2D eigenvalue weighted by molar-refractivity contribution is -0.125. The van der Waals surface area contributed by atoms with Crippen molar-refractivity contribution in [2.75, 3.05) is 0 Å². The molecule has 0 spiro atoms. The first-order chi connectivity index (χ1) is 11.1. The van der Waals surface area contributed by atoms with E-state index in [4.69, 9.17) is 12.2 Å². The number of carbonyl (C=O) groups excluding carboxylic acids is 1. The van der Waals surface area contributed by atoms with Crippen LogP contribution in [0.5, 0.6) is 0 Å². The molecule has 1 amide bonds. The molecular weight excluding hydrogens is 332 g/mol. The van der Waals surface area contributed by atoms with Crippen molar-refractivity contribution in [1.29, 1.82) is 0 Å². The molecule has 3 rings (SSSR count). The van der Waals surface area contributed by atoms with Crippen LogP contribution in [0, 0.1) is 4.77 Å². The largest absolute Gasteiger partial charge is 0.391 e. The minimum absolute atomic E-state index is 0.147. The standard InChI is InChI=1S/C15H20N4O2S2/c1-9(14(21)16-10-5-2-3-6-11(10)20)19-13(17-18-15(19)22)12-7-4-8-23-12/h4,7-11,20H,2-3,5-6H2,1H3,(H,16,21)(H,18,22)/t9-,10-,11+/m1/s1. The number of aromatic nitrogens is 3. The number of nitrogens with zero attached hydrogens (tertiary/aromatic N) is 2. The zero-order valence-corrected chi connectivity index (χ0v) is 14.5. The first-order valence-electron chi connectivity index (χ1n) is 7.77. The molecule has 2 heterocycles. The van der Waals surface area contributed by atoms with Gasteiger partial charge in [0.2, 0.25) is 5.91 Å². The van der Waals surface area contributed by atoms with E-state index in [1.807, 2.05) is 17.5 Å². The second kappa shape index (κ2) is 6.94. The molecule has 0 bridgehead atoms. The van der Waals surface area contributed by atoms with Crippen LogP contribution in [0.15, 0.2) is 17.5 Å². The molecule has 1 fully saturated rings. The minimum atomic E-state index is -0.493. The molecule has 8 heteroatoms. The molecule has 2 aromatic rings. The van der Waals surface area contributed by atoms with E-state index in [2.05, 4.69) is 15.5 Å². The molecule has 0 aromatic carbocycles. The summed E-state index contributed by atoms with van der Waals surface area (Å²) >= 11 is 6.84. The number of hydrogen-bond acceptors (Lipinski definition) is 5. The highest BCUT2D eigenvalue weighted by molar-refractivity contribution is 7.71. The number of hydrogen-bond donors (Lipinski definition) is 3. The van der Waals surface area contributed by atoms with Crippen LogP contribution >= 0.6 is 23.6 Å². The van der Waals surface area contributed by atoms with Crippen LogP contribution in [0.4, 0.5) is 0 Å². The van der Waals surface area contributed by atoms with Crippen molar-refractivity contribution in [3.8, 4) is 10.7 Å². The Kier molecular flexibility index (Phi) is 4.93. The number of amides is 1. The summed E-state index contributed by atoms with van der Waals surface area (Å²) in [5.41, 5.74) is 0. The molecule has 0 aliphatic heterocycles. The fourth-order valence-electron chi connectivity index (χ4n) is 2.94. The second-order valence-electron chi connectivity index (χ2n) is 5.84. The predicted molar refractivity (Wildman–Crippen MR) is 91.8 cm³/mol. The van der Waals surface area contributed by atoms with Gasteiger partial charge in [0.15, 0.2) is 10.6 Å². The monoisotopic (exact) mass is 352 g/mol. The zero-order valence-electron chi connectivity index (χ0n) is 12.9. The highest BCUT2D eigenvalue weighted by Gasteiger charge is 2.28. The van der Waals surface area contributed by atoms with Crippen molar-refractivity contribution in [3.63, 3.8) is 0 Å². The van der Waals surface area contributed by atoms with E-state index in [9.17, 15) is 9.90 Å². The number of nitrogens with one attached hydrogen (secondary N) is 2. The third kappa shape index (κ3) is 3.39. The van der Waals surface area contributed by atoms with Gasteiger partial charge in [-0.2, -0.15) is 5.10 Å². The van der Waals surface area contributed by atoms with E-state index in [0.717, 1.165) is 30.6 Å². The van der Waals surface area contributed by atoms with Crippen LogP contribution in [0.25, 0.3) is 10.7 Å². The lowest BCUT2D eigenvalue weighted by atomic mass is 9.92. The third-order valence-corrected chi connectivity index (χ3v) is 5.42. The maximum Gasteiger partial charge on any atom is 0.243 e. The second-order valence-corrected chi connectivity index (χ2v) is 7.18. The van der Waals surface area contributed by atoms with Crippen molar-refractivity contribution in [2.45, 2.75) is 50.8 Å². The number of thiophene rings is 1. The third-order valence-electron chi connectivity index (χ3n) is 4.27. The molecule has 6 nitrogen and oxygen atoms in total. The summed E-state index contributed by atoms with van der Waals surface area (Å²) in [6, 6.07) is 3.21. The fourth-order valence-corrected chi connectivity index (χ4v) is 3.94. The highest BCUT2D eigenvalue weighted by Crippen LogP contribution is 2.26. The molecule has 3 atom stereocenters. The summed E-state index contributed by atoms with van der Waals surface area (Å²) in [6.07, 6.45) is 3.13. The van der Waals surface area contributed by atoms with E-state index in [0.29, 0.717) is 10.6 Å². The van der Waals surface area contributed by atoms with Crippen LogP contribution in [0.2, 0.25) is 0 Å². The molecule has 3 N–H and O–H groups in total.